The molecule has 1 N–H and O–H groups in total. The third kappa shape index (κ3) is 3.51. The van der Waals surface area contributed by atoms with Gasteiger partial charge >= 0.3 is 0 Å². The van der Waals surface area contributed by atoms with Crippen LogP contribution in [0, 0.1) is 13.8 Å². The number of benzene rings is 2. The maximum Gasteiger partial charge on any atom is 0.137 e. The molecule has 2 heterocycles. The monoisotopic (exact) mass is 346 g/mol. The van der Waals surface area contributed by atoms with Crippen LogP contribution in [-0.2, 0) is 6.54 Å². The highest BCUT2D eigenvalue weighted by Crippen LogP contribution is 2.26. The molecule has 2 aromatic carbocycles. The average Bonchev–Trinajstić information content (AvgIpc) is 3.12. The fourth-order valence-corrected chi connectivity index (χ4v) is 3.86. The molecule has 1 aliphatic rings. The summed E-state index contributed by atoms with van der Waals surface area (Å²) in [6.45, 7) is 9.66. The molecule has 4 heteroatoms. The Morgan fingerprint density at radius 1 is 0.885 bits per heavy atom. The molecule has 1 aromatic heterocycles. The Bertz CT molecular complexity index is 841. The number of nitrogens with zero attached hydrogens (tertiary/aromatic N) is 3. The van der Waals surface area contributed by atoms with Crippen molar-refractivity contribution in [1.29, 1.82) is 0 Å². The molecule has 1 aliphatic heterocycles. The molecule has 4 nitrogen and oxygen atoms in total. The van der Waals surface area contributed by atoms with Gasteiger partial charge in [0.05, 0.1) is 0 Å². The third-order valence-corrected chi connectivity index (χ3v) is 5.20. The minimum absolute atomic E-state index is 0.931. The number of hydrogen-bond donors (Lipinski definition) is 1. The van der Waals surface area contributed by atoms with E-state index in [1.54, 1.807) is 0 Å². The highest BCUT2D eigenvalue weighted by molar-refractivity contribution is 5.59. The van der Waals surface area contributed by atoms with E-state index in [1.807, 2.05) is 24.4 Å². The van der Waals surface area contributed by atoms with Gasteiger partial charge in [0.15, 0.2) is 0 Å². The molecule has 0 amide bonds. The van der Waals surface area contributed by atoms with Gasteiger partial charge in [-0.1, -0.05) is 48.5 Å². The summed E-state index contributed by atoms with van der Waals surface area (Å²) in [5, 5.41) is 0. The number of para-hydroxylation sites is 1. The maximum atomic E-state index is 4.55. The number of aryl methyl sites for hydroxylation is 2. The van der Waals surface area contributed by atoms with Crippen molar-refractivity contribution in [3.8, 4) is 11.4 Å². The van der Waals surface area contributed by atoms with Gasteiger partial charge in [-0.2, -0.15) is 0 Å². The zero-order valence-electron chi connectivity index (χ0n) is 15.6. The fourth-order valence-electron chi connectivity index (χ4n) is 3.86. The van der Waals surface area contributed by atoms with Crippen molar-refractivity contribution in [2.24, 2.45) is 0 Å². The van der Waals surface area contributed by atoms with Gasteiger partial charge in [0.1, 0.15) is 5.82 Å². The summed E-state index contributed by atoms with van der Waals surface area (Å²) in [5.41, 5.74) is 6.49. The van der Waals surface area contributed by atoms with Gasteiger partial charge in [-0.25, -0.2) is 4.98 Å². The first-order valence-corrected chi connectivity index (χ1v) is 9.33. The van der Waals surface area contributed by atoms with E-state index in [2.05, 4.69) is 63.9 Å². The van der Waals surface area contributed by atoms with E-state index >= 15 is 0 Å². The Kier molecular flexibility index (Phi) is 4.76. The average molecular weight is 346 g/mol. The van der Waals surface area contributed by atoms with E-state index in [-0.39, 0.29) is 0 Å². The Morgan fingerprint density at radius 3 is 2.27 bits per heavy atom. The number of rotatable bonds is 4. The number of imidazole rings is 1. The van der Waals surface area contributed by atoms with Gasteiger partial charge in [-0.3, -0.25) is 4.90 Å². The highest BCUT2D eigenvalue weighted by Gasteiger charge is 2.20. The second kappa shape index (κ2) is 7.34. The summed E-state index contributed by atoms with van der Waals surface area (Å²) in [7, 11) is 0. The molecule has 0 aliphatic carbocycles. The van der Waals surface area contributed by atoms with Crippen LogP contribution in [0.1, 0.15) is 16.8 Å². The van der Waals surface area contributed by atoms with Gasteiger partial charge in [0, 0.05) is 55.9 Å². The predicted molar refractivity (Wildman–Crippen MR) is 107 cm³/mol. The molecule has 0 spiro atoms. The zero-order chi connectivity index (χ0) is 17.9. The van der Waals surface area contributed by atoms with E-state index in [9.17, 15) is 0 Å². The van der Waals surface area contributed by atoms with Crippen LogP contribution in [0.5, 0.6) is 0 Å². The van der Waals surface area contributed by atoms with Gasteiger partial charge in [0.2, 0.25) is 0 Å². The number of piperazine rings is 1. The van der Waals surface area contributed by atoms with Crippen LogP contribution >= 0.6 is 0 Å². The number of hydrogen-bond acceptors (Lipinski definition) is 3. The van der Waals surface area contributed by atoms with Crippen LogP contribution in [0.4, 0.5) is 5.69 Å². The SMILES string of the molecule is Cc1cccc(C)c1N1CCN(Cc2cnc(-c3ccccc3)[nH]2)CC1. The number of aromatic amines is 1. The first-order chi connectivity index (χ1) is 12.7. The van der Waals surface area contributed by atoms with Gasteiger partial charge in [-0.05, 0) is 25.0 Å². The lowest BCUT2D eigenvalue weighted by Gasteiger charge is -2.37. The van der Waals surface area contributed by atoms with Crippen molar-refractivity contribution in [1.82, 2.24) is 14.9 Å². The summed E-state index contributed by atoms with van der Waals surface area (Å²) in [5.74, 6) is 0.953. The van der Waals surface area contributed by atoms with E-state index in [0.717, 1.165) is 44.1 Å². The molecule has 3 aromatic rings. The van der Waals surface area contributed by atoms with E-state index in [0.29, 0.717) is 0 Å². The molecule has 0 unspecified atom stereocenters. The number of aromatic nitrogens is 2. The van der Waals surface area contributed by atoms with Crippen molar-refractivity contribution in [2.75, 3.05) is 31.1 Å². The topological polar surface area (TPSA) is 35.2 Å². The lowest BCUT2D eigenvalue weighted by atomic mass is 10.1. The predicted octanol–water partition coefficient (Wildman–Crippen LogP) is 4.02. The smallest absolute Gasteiger partial charge is 0.137 e. The van der Waals surface area contributed by atoms with Crippen molar-refractivity contribution in [2.45, 2.75) is 20.4 Å². The summed E-state index contributed by atoms with van der Waals surface area (Å²) in [6, 6.07) is 16.9. The van der Waals surface area contributed by atoms with Gasteiger partial charge in [0.25, 0.3) is 0 Å². The standard InChI is InChI=1S/C22H26N4/c1-17-7-6-8-18(2)21(17)26-13-11-25(12-14-26)16-20-15-23-22(24-20)19-9-4-3-5-10-19/h3-10,15H,11-14,16H2,1-2H3,(H,23,24). The molecule has 0 atom stereocenters. The van der Waals surface area contributed by atoms with Crippen molar-refractivity contribution in [3.05, 3.63) is 71.5 Å². The van der Waals surface area contributed by atoms with E-state index in [1.165, 1.54) is 22.5 Å². The Morgan fingerprint density at radius 2 is 1.58 bits per heavy atom. The number of anilines is 1. The largest absolute Gasteiger partial charge is 0.369 e. The second-order valence-electron chi connectivity index (χ2n) is 7.13. The lowest BCUT2D eigenvalue weighted by Crippen LogP contribution is -2.46. The highest BCUT2D eigenvalue weighted by atomic mass is 15.3. The summed E-state index contributed by atoms with van der Waals surface area (Å²) >= 11 is 0. The number of nitrogens with one attached hydrogen (secondary N) is 1. The third-order valence-electron chi connectivity index (χ3n) is 5.20. The molecule has 0 saturated carbocycles. The Balaban J connectivity index is 1.38. The summed E-state index contributed by atoms with van der Waals surface area (Å²) in [6.07, 6.45) is 1.97. The van der Waals surface area contributed by atoms with Crippen LogP contribution in [0.2, 0.25) is 0 Å². The van der Waals surface area contributed by atoms with Crippen molar-refractivity contribution >= 4 is 5.69 Å². The molecule has 0 radical (unpaired) electrons. The fraction of sp³-hybridized carbons (Fsp3) is 0.318. The first-order valence-electron chi connectivity index (χ1n) is 9.33. The summed E-state index contributed by atoms with van der Waals surface area (Å²) in [4.78, 5) is 13.1. The van der Waals surface area contributed by atoms with Gasteiger partial charge in [-0.15, -0.1) is 0 Å². The van der Waals surface area contributed by atoms with Crippen LogP contribution < -0.4 is 4.90 Å². The quantitative estimate of drug-likeness (QED) is 0.775. The molecule has 1 saturated heterocycles. The molecule has 1 fully saturated rings. The lowest BCUT2D eigenvalue weighted by molar-refractivity contribution is 0.247. The van der Waals surface area contributed by atoms with Crippen LogP contribution in [0.3, 0.4) is 0 Å². The van der Waals surface area contributed by atoms with E-state index in [4.69, 9.17) is 0 Å². The first kappa shape index (κ1) is 16.9. The molecule has 134 valence electrons. The van der Waals surface area contributed by atoms with E-state index < -0.39 is 0 Å². The maximum absolute atomic E-state index is 4.55. The minimum Gasteiger partial charge on any atom is -0.369 e. The van der Waals surface area contributed by atoms with Crippen molar-refractivity contribution in [3.63, 3.8) is 0 Å². The molecular weight excluding hydrogens is 320 g/mol. The van der Waals surface area contributed by atoms with Crippen LogP contribution in [0.25, 0.3) is 11.4 Å². The normalized spacial score (nSPS) is 15.4. The van der Waals surface area contributed by atoms with Crippen LogP contribution in [-0.4, -0.2) is 41.0 Å². The molecule has 26 heavy (non-hydrogen) atoms. The van der Waals surface area contributed by atoms with Crippen LogP contribution in [0.15, 0.2) is 54.7 Å². The molecule has 4 rings (SSSR count). The molecule has 0 bridgehead atoms. The number of H-pyrrole nitrogens is 1. The van der Waals surface area contributed by atoms with Gasteiger partial charge < -0.3 is 9.88 Å². The minimum atomic E-state index is 0.931. The Hall–Kier alpha value is -2.59. The summed E-state index contributed by atoms with van der Waals surface area (Å²) < 4.78 is 0. The zero-order valence-corrected chi connectivity index (χ0v) is 15.6. The Labute approximate surface area is 155 Å². The van der Waals surface area contributed by atoms with Crippen molar-refractivity contribution < 1.29 is 0 Å². The second-order valence-corrected chi connectivity index (χ2v) is 7.13. The molecular formula is C22H26N4.